The molecule has 0 aliphatic rings. The van der Waals surface area contributed by atoms with Crippen LogP contribution in [0.25, 0.3) is 0 Å². The maximum atomic E-state index is 8.85. The molecule has 0 bridgehead atoms. The number of allylic oxidation sites excluding steroid dienone is 1. The van der Waals surface area contributed by atoms with Gasteiger partial charge in [0.05, 0.1) is 0 Å². The van der Waals surface area contributed by atoms with E-state index in [4.69, 9.17) is 11.0 Å². The summed E-state index contributed by atoms with van der Waals surface area (Å²) in [5, 5.41) is 8.85. The van der Waals surface area contributed by atoms with Crippen LogP contribution in [0.3, 0.4) is 0 Å². The van der Waals surface area contributed by atoms with E-state index in [1.165, 1.54) is 0 Å². The van der Waals surface area contributed by atoms with E-state index in [1.807, 2.05) is 21.0 Å². The fourth-order valence-electron chi connectivity index (χ4n) is 1.13. The molecular weight excluding hydrogens is 185 g/mol. The Kier molecular flexibility index (Phi) is 7.44. The van der Waals surface area contributed by atoms with Crippen molar-refractivity contribution in [2.24, 2.45) is 10.7 Å². The summed E-state index contributed by atoms with van der Waals surface area (Å²) in [6.07, 6.45) is 3.59. The van der Waals surface area contributed by atoms with Gasteiger partial charge in [-0.05, 0) is 18.9 Å². The molecule has 0 atom stereocenters. The van der Waals surface area contributed by atoms with Gasteiger partial charge < -0.3 is 5.73 Å². The van der Waals surface area contributed by atoms with Crippen molar-refractivity contribution < 1.29 is 0 Å². The van der Waals surface area contributed by atoms with Crippen molar-refractivity contribution in [2.75, 3.05) is 0 Å². The number of nitrogens with two attached hydrogens (primary N) is 1. The molecule has 0 aliphatic heterocycles. The van der Waals surface area contributed by atoms with Crippen LogP contribution in [0.5, 0.6) is 0 Å². The first kappa shape index (κ1) is 13.8. The van der Waals surface area contributed by atoms with E-state index < -0.39 is 0 Å². The highest BCUT2D eigenvalue weighted by atomic mass is 14.9. The summed E-state index contributed by atoms with van der Waals surface area (Å²) < 4.78 is 0. The maximum absolute atomic E-state index is 8.85. The Bertz CT molecular complexity index is 287. The predicted molar refractivity (Wildman–Crippen MR) is 65.9 cm³/mol. The van der Waals surface area contributed by atoms with Crippen LogP contribution in [0.15, 0.2) is 16.4 Å². The Morgan fingerprint density at radius 3 is 2.67 bits per heavy atom. The minimum absolute atomic E-state index is 0.487. The van der Waals surface area contributed by atoms with Gasteiger partial charge in [-0.3, -0.25) is 0 Å². The van der Waals surface area contributed by atoms with E-state index in [9.17, 15) is 0 Å². The van der Waals surface area contributed by atoms with Crippen molar-refractivity contribution in [3.8, 4) is 6.07 Å². The molecule has 2 N–H and O–H groups in total. The lowest BCUT2D eigenvalue weighted by Crippen LogP contribution is -2.04. The zero-order valence-electron chi connectivity index (χ0n) is 9.88. The molecule has 0 heterocycles. The van der Waals surface area contributed by atoms with Crippen LogP contribution in [-0.2, 0) is 0 Å². The van der Waals surface area contributed by atoms with Crippen molar-refractivity contribution >= 4 is 13.0 Å². The highest BCUT2D eigenvalue weighted by molar-refractivity contribution is 6.34. The number of unbranched alkanes of at least 4 members (excludes halogenated alkanes) is 1. The fourth-order valence-corrected chi connectivity index (χ4v) is 1.13. The molecule has 0 aromatic carbocycles. The minimum atomic E-state index is 0.487. The number of hydrogen-bond donors (Lipinski definition) is 1. The molecule has 0 unspecified atom stereocenters. The normalized spacial score (nSPS) is 13.1. The zero-order valence-corrected chi connectivity index (χ0v) is 9.88. The molecule has 0 amide bonds. The molecule has 0 saturated carbocycles. The van der Waals surface area contributed by atoms with Crippen LogP contribution in [0.4, 0.5) is 0 Å². The quantitative estimate of drug-likeness (QED) is 0.533. The van der Waals surface area contributed by atoms with Crippen molar-refractivity contribution in [3.63, 3.8) is 0 Å². The Morgan fingerprint density at radius 1 is 1.53 bits per heavy atom. The lowest BCUT2D eigenvalue weighted by molar-refractivity contribution is 0.835. The van der Waals surface area contributed by atoms with Crippen LogP contribution in [0.1, 0.15) is 33.1 Å². The molecule has 15 heavy (non-hydrogen) atoms. The largest absolute Gasteiger partial charge is 0.384 e. The molecule has 81 valence electrons. The lowest BCUT2D eigenvalue weighted by Gasteiger charge is -2.02. The standard InChI is InChI=1S/C11H19BN3/c1-4-5-6-10(8-13)15-11(14)9(2)7-12-3/h4-7,14H2,1-3H3/b11-9+,15-10?. The second-order valence-corrected chi connectivity index (χ2v) is 3.55. The second-order valence-electron chi connectivity index (χ2n) is 3.55. The minimum Gasteiger partial charge on any atom is -0.384 e. The molecule has 0 aromatic heterocycles. The summed E-state index contributed by atoms with van der Waals surface area (Å²) in [5.41, 5.74) is 7.32. The van der Waals surface area contributed by atoms with Gasteiger partial charge >= 0.3 is 0 Å². The first-order valence-electron chi connectivity index (χ1n) is 5.36. The molecule has 0 aliphatic carbocycles. The van der Waals surface area contributed by atoms with Crippen molar-refractivity contribution in [1.29, 1.82) is 5.26 Å². The second kappa shape index (κ2) is 8.10. The Morgan fingerprint density at radius 2 is 2.20 bits per heavy atom. The SMILES string of the molecule is C[B]C/C(C)=C(\N)N=C(C#N)CCCC. The molecule has 0 fully saturated rings. The van der Waals surface area contributed by atoms with Crippen molar-refractivity contribution in [1.82, 2.24) is 0 Å². The number of aliphatic imine (C=N–C) groups is 1. The van der Waals surface area contributed by atoms with Crippen LogP contribution in [0.2, 0.25) is 13.1 Å². The molecule has 0 saturated heterocycles. The van der Waals surface area contributed by atoms with E-state index in [-0.39, 0.29) is 0 Å². The Labute approximate surface area is 93.3 Å². The van der Waals surface area contributed by atoms with Gasteiger partial charge in [0.15, 0.2) is 0 Å². The van der Waals surface area contributed by atoms with Gasteiger partial charge in [0.1, 0.15) is 24.9 Å². The summed E-state index contributed by atoms with van der Waals surface area (Å²) in [7, 11) is 2.02. The molecule has 0 aromatic rings. The van der Waals surface area contributed by atoms with Crippen molar-refractivity contribution in [3.05, 3.63) is 11.4 Å². The van der Waals surface area contributed by atoms with Crippen LogP contribution in [0, 0.1) is 11.3 Å². The lowest BCUT2D eigenvalue weighted by atomic mass is 9.75. The zero-order chi connectivity index (χ0) is 11.7. The summed E-state index contributed by atoms with van der Waals surface area (Å²) in [5.74, 6) is 0.487. The van der Waals surface area contributed by atoms with E-state index in [1.54, 1.807) is 0 Å². The third kappa shape index (κ3) is 5.95. The maximum Gasteiger partial charge on any atom is 0.122 e. The van der Waals surface area contributed by atoms with Gasteiger partial charge in [0, 0.05) is 6.42 Å². The summed E-state index contributed by atoms with van der Waals surface area (Å²) in [6.45, 7) is 6.00. The highest BCUT2D eigenvalue weighted by Gasteiger charge is 2.00. The fraction of sp³-hybridized carbons (Fsp3) is 0.636. The average Bonchev–Trinajstić information content (AvgIpc) is 2.24. The molecule has 4 heteroatoms. The first-order chi connectivity index (χ1) is 7.15. The highest BCUT2D eigenvalue weighted by Crippen LogP contribution is 2.07. The van der Waals surface area contributed by atoms with E-state index in [0.717, 1.165) is 31.2 Å². The third-order valence-corrected chi connectivity index (χ3v) is 2.10. The summed E-state index contributed by atoms with van der Waals surface area (Å²) in [6, 6.07) is 2.09. The smallest absolute Gasteiger partial charge is 0.122 e. The number of hydrogen-bond acceptors (Lipinski definition) is 3. The Balaban J connectivity index is 4.54. The van der Waals surface area contributed by atoms with Crippen LogP contribution < -0.4 is 5.73 Å². The molecule has 1 radical (unpaired) electrons. The topological polar surface area (TPSA) is 62.2 Å². The summed E-state index contributed by atoms with van der Waals surface area (Å²) in [4.78, 5) is 4.14. The third-order valence-electron chi connectivity index (χ3n) is 2.10. The first-order valence-corrected chi connectivity index (χ1v) is 5.36. The molecule has 3 nitrogen and oxygen atoms in total. The van der Waals surface area contributed by atoms with Crippen molar-refractivity contribution in [2.45, 2.75) is 46.3 Å². The van der Waals surface area contributed by atoms with Gasteiger partial charge in [0.25, 0.3) is 0 Å². The van der Waals surface area contributed by atoms with Gasteiger partial charge in [-0.1, -0.05) is 26.5 Å². The van der Waals surface area contributed by atoms with Gasteiger partial charge in [-0.2, -0.15) is 5.26 Å². The van der Waals surface area contributed by atoms with E-state index in [0.29, 0.717) is 11.5 Å². The average molecular weight is 204 g/mol. The van der Waals surface area contributed by atoms with Gasteiger partial charge in [-0.25, -0.2) is 4.99 Å². The molecule has 0 spiro atoms. The van der Waals surface area contributed by atoms with E-state index >= 15 is 0 Å². The van der Waals surface area contributed by atoms with Gasteiger partial charge in [0.2, 0.25) is 0 Å². The summed E-state index contributed by atoms with van der Waals surface area (Å²) >= 11 is 0. The number of nitriles is 1. The monoisotopic (exact) mass is 204 g/mol. The van der Waals surface area contributed by atoms with Gasteiger partial charge in [-0.15, -0.1) is 0 Å². The predicted octanol–water partition coefficient (Wildman–Crippen LogP) is 2.50. The van der Waals surface area contributed by atoms with E-state index in [2.05, 4.69) is 18.0 Å². The molecule has 0 rings (SSSR count). The van der Waals surface area contributed by atoms with Crippen LogP contribution >= 0.6 is 0 Å². The number of nitrogens with zero attached hydrogens (tertiary/aromatic N) is 2. The molecular formula is C11H19BN3. The Hall–Kier alpha value is -1.24. The number of rotatable bonds is 6. The van der Waals surface area contributed by atoms with Crippen LogP contribution in [-0.4, -0.2) is 13.0 Å².